The van der Waals surface area contributed by atoms with Crippen LogP contribution in [0, 0.1) is 6.92 Å². The number of carbonyl (C=O) groups excluding carboxylic acids is 1. The molecule has 0 saturated carbocycles. The summed E-state index contributed by atoms with van der Waals surface area (Å²) in [5.41, 5.74) is 7.85. The molecule has 2 unspecified atom stereocenters. The lowest BCUT2D eigenvalue weighted by Gasteiger charge is -2.35. The molecule has 1 fully saturated rings. The van der Waals surface area contributed by atoms with E-state index in [1.54, 1.807) is 0 Å². The molecule has 1 amide bonds. The van der Waals surface area contributed by atoms with Gasteiger partial charge in [-0.15, -0.1) is 11.8 Å². The second-order valence-corrected chi connectivity index (χ2v) is 6.35. The highest BCUT2D eigenvalue weighted by Crippen LogP contribution is 2.27. The van der Waals surface area contributed by atoms with Gasteiger partial charge < -0.3 is 15.4 Å². The van der Waals surface area contributed by atoms with Gasteiger partial charge in [0, 0.05) is 23.7 Å². The maximum absolute atomic E-state index is 12.3. The Balaban J connectivity index is 1.93. The Morgan fingerprint density at radius 2 is 2.05 bits per heavy atom. The van der Waals surface area contributed by atoms with Gasteiger partial charge in [-0.1, -0.05) is 12.1 Å². The molecule has 0 bridgehead atoms. The minimum Gasteiger partial charge on any atom is -0.398 e. The first kappa shape index (κ1) is 15.2. The molecule has 5 heteroatoms. The molecule has 0 spiro atoms. The molecule has 1 aromatic rings. The smallest absolute Gasteiger partial charge is 0.233 e. The van der Waals surface area contributed by atoms with Gasteiger partial charge in [0.05, 0.1) is 18.0 Å². The number of hydrogen-bond donors (Lipinski definition) is 1. The molecule has 0 aromatic heterocycles. The van der Waals surface area contributed by atoms with Gasteiger partial charge in [0.15, 0.2) is 0 Å². The number of benzene rings is 1. The van der Waals surface area contributed by atoms with Crippen molar-refractivity contribution >= 4 is 23.4 Å². The number of nitrogens with two attached hydrogens (primary N) is 1. The second-order valence-electron chi connectivity index (χ2n) is 5.33. The number of nitrogen functional groups attached to an aromatic ring is 1. The summed E-state index contributed by atoms with van der Waals surface area (Å²) in [6, 6.07) is 5.91. The average molecular weight is 294 g/mol. The Morgan fingerprint density at radius 3 is 2.70 bits per heavy atom. The molecule has 2 atom stereocenters. The predicted octanol–water partition coefficient (Wildman–Crippen LogP) is 2.31. The van der Waals surface area contributed by atoms with E-state index in [1.807, 2.05) is 43.9 Å². The normalized spacial score (nSPS) is 22.9. The number of anilines is 1. The zero-order valence-corrected chi connectivity index (χ0v) is 13.1. The molecular weight excluding hydrogens is 272 g/mol. The van der Waals surface area contributed by atoms with Crippen LogP contribution >= 0.6 is 11.8 Å². The molecule has 2 rings (SSSR count). The Labute approximate surface area is 124 Å². The topological polar surface area (TPSA) is 55.6 Å². The monoisotopic (exact) mass is 294 g/mol. The van der Waals surface area contributed by atoms with Crippen LogP contribution in [0.5, 0.6) is 0 Å². The van der Waals surface area contributed by atoms with E-state index >= 15 is 0 Å². The van der Waals surface area contributed by atoms with E-state index in [0.717, 1.165) is 16.1 Å². The second kappa shape index (κ2) is 6.50. The van der Waals surface area contributed by atoms with Crippen LogP contribution in [0.25, 0.3) is 0 Å². The number of aryl methyl sites for hydroxylation is 1. The van der Waals surface area contributed by atoms with Crippen LogP contribution in [-0.4, -0.2) is 41.9 Å². The molecule has 1 heterocycles. The van der Waals surface area contributed by atoms with Crippen molar-refractivity contribution in [1.82, 2.24) is 4.90 Å². The summed E-state index contributed by atoms with van der Waals surface area (Å²) in [7, 11) is 0. The van der Waals surface area contributed by atoms with Gasteiger partial charge in [-0.05, 0) is 32.4 Å². The zero-order chi connectivity index (χ0) is 14.7. The molecule has 20 heavy (non-hydrogen) atoms. The SMILES string of the molecule is Cc1cccc(SCC(=O)N2CC(C)OC(C)C2)c1N. The Morgan fingerprint density at radius 1 is 1.40 bits per heavy atom. The number of ether oxygens (including phenoxy) is 1. The van der Waals surface area contributed by atoms with Crippen molar-refractivity contribution in [1.29, 1.82) is 0 Å². The minimum atomic E-state index is 0.108. The number of amides is 1. The molecule has 1 saturated heterocycles. The van der Waals surface area contributed by atoms with E-state index < -0.39 is 0 Å². The third kappa shape index (κ3) is 3.67. The molecule has 0 aliphatic carbocycles. The zero-order valence-electron chi connectivity index (χ0n) is 12.3. The summed E-state index contributed by atoms with van der Waals surface area (Å²) in [4.78, 5) is 15.1. The Hall–Kier alpha value is -1.20. The lowest BCUT2D eigenvalue weighted by Crippen LogP contribution is -2.48. The van der Waals surface area contributed by atoms with Gasteiger partial charge >= 0.3 is 0 Å². The number of para-hydroxylation sites is 1. The lowest BCUT2D eigenvalue weighted by atomic mass is 10.2. The first-order valence-corrected chi connectivity index (χ1v) is 7.87. The lowest BCUT2D eigenvalue weighted by molar-refractivity contribution is -0.140. The predicted molar refractivity (Wildman–Crippen MR) is 82.9 cm³/mol. The van der Waals surface area contributed by atoms with Crippen LogP contribution < -0.4 is 5.73 Å². The number of rotatable bonds is 3. The van der Waals surface area contributed by atoms with Crippen molar-refractivity contribution in [3.8, 4) is 0 Å². The van der Waals surface area contributed by atoms with Crippen molar-refractivity contribution in [2.24, 2.45) is 0 Å². The standard InChI is InChI=1S/C15H22N2O2S/c1-10-5-4-6-13(15(10)16)20-9-14(18)17-7-11(2)19-12(3)8-17/h4-6,11-12H,7-9,16H2,1-3H3. The molecular formula is C15H22N2O2S. The van der Waals surface area contributed by atoms with E-state index in [0.29, 0.717) is 18.8 Å². The van der Waals surface area contributed by atoms with Gasteiger partial charge in [0.2, 0.25) is 5.91 Å². The molecule has 1 aliphatic heterocycles. The van der Waals surface area contributed by atoms with Gasteiger partial charge in [-0.3, -0.25) is 4.79 Å². The Bertz CT molecular complexity index is 483. The van der Waals surface area contributed by atoms with Crippen LogP contribution in [0.1, 0.15) is 19.4 Å². The number of morpholine rings is 1. The largest absolute Gasteiger partial charge is 0.398 e. The first-order chi connectivity index (χ1) is 9.47. The maximum atomic E-state index is 12.3. The van der Waals surface area contributed by atoms with Crippen molar-refractivity contribution in [3.05, 3.63) is 23.8 Å². The molecule has 4 nitrogen and oxygen atoms in total. The summed E-state index contributed by atoms with van der Waals surface area (Å²) >= 11 is 1.51. The number of nitrogens with zero attached hydrogens (tertiary/aromatic N) is 1. The van der Waals surface area contributed by atoms with Crippen LogP contribution in [0.3, 0.4) is 0 Å². The highest BCUT2D eigenvalue weighted by Gasteiger charge is 2.25. The molecule has 110 valence electrons. The average Bonchev–Trinajstić information content (AvgIpc) is 2.39. The first-order valence-electron chi connectivity index (χ1n) is 6.88. The number of carbonyl (C=O) groups is 1. The van der Waals surface area contributed by atoms with Gasteiger partial charge in [-0.25, -0.2) is 0 Å². The van der Waals surface area contributed by atoms with Crippen molar-refractivity contribution in [3.63, 3.8) is 0 Å². The number of thioether (sulfide) groups is 1. The molecule has 0 radical (unpaired) electrons. The fourth-order valence-corrected chi connectivity index (χ4v) is 3.34. The van der Waals surface area contributed by atoms with Crippen molar-refractivity contribution in [2.75, 3.05) is 24.6 Å². The van der Waals surface area contributed by atoms with Crippen LogP contribution in [0.2, 0.25) is 0 Å². The third-order valence-electron chi connectivity index (χ3n) is 3.41. The molecule has 1 aliphatic rings. The highest BCUT2D eigenvalue weighted by atomic mass is 32.2. The summed E-state index contributed by atoms with van der Waals surface area (Å²) < 4.78 is 5.64. The number of hydrogen-bond acceptors (Lipinski definition) is 4. The fourth-order valence-electron chi connectivity index (χ4n) is 2.39. The molecule has 1 aromatic carbocycles. The van der Waals surface area contributed by atoms with Crippen LogP contribution in [-0.2, 0) is 9.53 Å². The quantitative estimate of drug-likeness (QED) is 0.686. The summed E-state index contributed by atoms with van der Waals surface area (Å²) in [6.07, 6.45) is 0.216. The summed E-state index contributed by atoms with van der Waals surface area (Å²) in [5.74, 6) is 0.575. The van der Waals surface area contributed by atoms with E-state index in [9.17, 15) is 4.79 Å². The molecule has 2 N–H and O–H groups in total. The van der Waals surface area contributed by atoms with Crippen LogP contribution in [0.15, 0.2) is 23.1 Å². The van der Waals surface area contributed by atoms with Crippen molar-refractivity contribution in [2.45, 2.75) is 37.9 Å². The van der Waals surface area contributed by atoms with E-state index in [2.05, 4.69) is 0 Å². The maximum Gasteiger partial charge on any atom is 0.233 e. The Kier molecular flexibility index (Phi) is 4.94. The van der Waals surface area contributed by atoms with Gasteiger partial charge in [0.25, 0.3) is 0 Å². The third-order valence-corrected chi connectivity index (χ3v) is 4.47. The summed E-state index contributed by atoms with van der Waals surface area (Å²) in [6.45, 7) is 7.33. The van der Waals surface area contributed by atoms with Gasteiger partial charge in [-0.2, -0.15) is 0 Å². The highest BCUT2D eigenvalue weighted by molar-refractivity contribution is 8.00. The van der Waals surface area contributed by atoms with Crippen molar-refractivity contribution < 1.29 is 9.53 Å². The van der Waals surface area contributed by atoms with E-state index in [1.165, 1.54) is 11.8 Å². The fraction of sp³-hybridized carbons (Fsp3) is 0.533. The minimum absolute atomic E-state index is 0.108. The summed E-state index contributed by atoms with van der Waals surface area (Å²) in [5, 5.41) is 0. The van der Waals surface area contributed by atoms with Crippen LogP contribution in [0.4, 0.5) is 5.69 Å². The van der Waals surface area contributed by atoms with Gasteiger partial charge in [0.1, 0.15) is 0 Å². The van der Waals surface area contributed by atoms with E-state index in [4.69, 9.17) is 10.5 Å². The van der Waals surface area contributed by atoms with E-state index in [-0.39, 0.29) is 18.1 Å².